The van der Waals surface area contributed by atoms with Gasteiger partial charge >= 0.3 is 96.0 Å². The summed E-state index contributed by atoms with van der Waals surface area (Å²) in [5, 5.41) is 8.31. The van der Waals surface area contributed by atoms with Crippen LogP contribution in [0.2, 0.25) is 5.21 Å². The summed E-state index contributed by atoms with van der Waals surface area (Å²) in [7, 11) is 0. The topological polar surface area (TPSA) is 50.2 Å². The molecule has 87 valence electrons. The molecule has 0 bridgehead atoms. The van der Waals surface area contributed by atoms with Crippen LogP contribution in [0, 0.1) is 5.82 Å². The van der Waals surface area contributed by atoms with Gasteiger partial charge in [-0.3, -0.25) is 0 Å². The predicted molar refractivity (Wildman–Crippen MR) is 52.0 cm³/mol. The number of alkyl halides is 2. The summed E-state index contributed by atoms with van der Waals surface area (Å²) >= 11 is -1.09. The SMILES string of the molecule is CC(F)(F)C[As]c1ncc(F)cc1C(=O)O. The van der Waals surface area contributed by atoms with Crippen molar-refractivity contribution in [1.82, 2.24) is 4.98 Å². The number of halogens is 3. The maximum absolute atomic E-state index is 12.7. The molecule has 1 aromatic heterocycles. The van der Waals surface area contributed by atoms with Crippen molar-refractivity contribution in [2.45, 2.75) is 18.1 Å². The van der Waals surface area contributed by atoms with Crippen molar-refractivity contribution in [3.05, 3.63) is 23.6 Å². The van der Waals surface area contributed by atoms with E-state index in [2.05, 4.69) is 4.98 Å². The molecule has 1 aromatic rings. The number of carbonyl (C=O) groups is 1. The van der Waals surface area contributed by atoms with Crippen molar-refractivity contribution in [2.24, 2.45) is 0 Å². The van der Waals surface area contributed by atoms with E-state index in [0.29, 0.717) is 0 Å². The molecule has 0 atom stereocenters. The molecule has 0 fully saturated rings. The fraction of sp³-hybridized carbons (Fsp3) is 0.333. The first-order valence-electron chi connectivity index (χ1n) is 4.24. The molecule has 0 aliphatic heterocycles. The Morgan fingerprint density at radius 2 is 2.25 bits per heavy atom. The molecule has 0 aliphatic rings. The van der Waals surface area contributed by atoms with E-state index in [1.807, 2.05) is 0 Å². The van der Waals surface area contributed by atoms with E-state index < -0.39 is 38.7 Å². The number of nitrogens with zero attached hydrogens (tertiary/aromatic N) is 1. The van der Waals surface area contributed by atoms with Gasteiger partial charge in [0.05, 0.1) is 0 Å². The second-order valence-electron chi connectivity index (χ2n) is 3.22. The first-order valence-corrected chi connectivity index (χ1v) is 6.50. The predicted octanol–water partition coefficient (Wildman–Crippen LogP) is 1.32. The zero-order valence-electron chi connectivity index (χ0n) is 8.25. The monoisotopic (exact) mass is 294 g/mol. The molecule has 0 saturated carbocycles. The number of pyridine rings is 1. The standard InChI is InChI=1S/C9H8AsF3NO2/c1-9(12,13)4-10-7-6(8(15)16)2-5(11)3-14-7/h2-3H,4H2,1H3,(H,15,16). The number of aromatic carboxylic acids is 1. The zero-order valence-corrected chi connectivity index (χ0v) is 10.1. The van der Waals surface area contributed by atoms with Crippen molar-refractivity contribution in [2.75, 3.05) is 0 Å². The van der Waals surface area contributed by atoms with Gasteiger partial charge in [-0.15, -0.1) is 0 Å². The molecular weight excluding hydrogens is 286 g/mol. The van der Waals surface area contributed by atoms with Gasteiger partial charge in [0.2, 0.25) is 0 Å². The van der Waals surface area contributed by atoms with Crippen molar-refractivity contribution in [3.8, 4) is 0 Å². The Balaban J connectivity index is 2.91. The minimum absolute atomic E-state index is 0.0617. The fourth-order valence-electron chi connectivity index (χ4n) is 0.929. The van der Waals surface area contributed by atoms with E-state index in [9.17, 15) is 18.0 Å². The Bertz CT molecular complexity index is 406. The van der Waals surface area contributed by atoms with Gasteiger partial charge < -0.3 is 0 Å². The van der Waals surface area contributed by atoms with Crippen LogP contribution in [0.15, 0.2) is 12.3 Å². The maximum atomic E-state index is 12.7. The normalized spacial score (nSPS) is 12.2. The molecule has 16 heavy (non-hydrogen) atoms. The summed E-state index contributed by atoms with van der Waals surface area (Å²) in [6, 6.07) is 0.800. The molecule has 0 saturated heterocycles. The molecule has 0 spiro atoms. The van der Waals surface area contributed by atoms with Crippen LogP contribution >= 0.6 is 0 Å². The molecule has 7 heteroatoms. The first kappa shape index (κ1) is 13.0. The van der Waals surface area contributed by atoms with E-state index >= 15 is 0 Å². The molecular formula is C9H8AsF3NO2. The Labute approximate surface area is 96.4 Å². The van der Waals surface area contributed by atoms with Gasteiger partial charge in [-0.25, -0.2) is 0 Å². The van der Waals surface area contributed by atoms with Crippen molar-refractivity contribution < 1.29 is 23.1 Å². The van der Waals surface area contributed by atoms with E-state index in [-0.39, 0.29) is 10.0 Å². The van der Waals surface area contributed by atoms with Crippen molar-refractivity contribution in [1.29, 1.82) is 0 Å². The average molecular weight is 294 g/mol. The first-order chi connectivity index (χ1) is 7.29. The van der Waals surface area contributed by atoms with Gasteiger partial charge in [0.1, 0.15) is 0 Å². The molecule has 1 radical (unpaired) electrons. The molecule has 1 heterocycles. The van der Waals surface area contributed by atoms with E-state index in [4.69, 9.17) is 5.11 Å². The average Bonchev–Trinajstić information content (AvgIpc) is 2.14. The van der Waals surface area contributed by atoms with Crippen LogP contribution < -0.4 is 4.48 Å². The van der Waals surface area contributed by atoms with Crippen LogP contribution in [0.5, 0.6) is 0 Å². The molecule has 0 aliphatic carbocycles. The summed E-state index contributed by atoms with van der Waals surface area (Å²) in [5.74, 6) is -4.99. The van der Waals surface area contributed by atoms with Gasteiger partial charge in [-0.1, -0.05) is 0 Å². The van der Waals surface area contributed by atoms with E-state index in [1.165, 1.54) is 0 Å². The third-order valence-corrected chi connectivity index (χ3v) is 4.44. The Morgan fingerprint density at radius 1 is 1.62 bits per heavy atom. The van der Waals surface area contributed by atoms with Gasteiger partial charge in [0.15, 0.2) is 0 Å². The van der Waals surface area contributed by atoms with E-state index in [1.54, 1.807) is 0 Å². The zero-order chi connectivity index (χ0) is 12.3. The fourth-order valence-corrected chi connectivity index (χ4v) is 2.81. The molecule has 0 aromatic carbocycles. The third-order valence-electron chi connectivity index (χ3n) is 1.57. The number of rotatable bonds is 4. The number of hydrogen-bond donors (Lipinski definition) is 1. The van der Waals surface area contributed by atoms with Crippen molar-refractivity contribution >= 4 is 26.2 Å². The summed E-state index contributed by atoms with van der Waals surface area (Å²) in [4.78, 5) is 14.3. The molecule has 0 unspecified atom stereocenters. The quantitative estimate of drug-likeness (QED) is 0.852. The summed E-state index contributed by atoms with van der Waals surface area (Å²) in [6.45, 7) is 0.757. The van der Waals surface area contributed by atoms with Gasteiger partial charge in [-0.05, 0) is 0 Å². The second-order valence-corrected chi connectivity index (χ2v) is 5.43. The van der Waals surface area contributed by atoms with Crippen LogP contribution in [0.4, 0.5) is 13.2 Å². The summed E-state index contributed by atoms with van der Waals surface area (Å²) in [6.07, 6.45) is 0.838. The van der Waals surface area contributed by atoms with Gasteiger partial charge in [0.25, 0.3) is 0 Å². The molecule has 1 rings (SSSR count). The Hall–Kier alpha value is -1.03. The number of carboxylic acid groups (broad SMARTS) is 1. The molecule has 0 amide bonds. The van der Waals surface area contributed by atoms with Crippen LogP contribution in [-0.2, 0) is 0 Å². The van der Waals surface area contributed by atoms with Gasteiger partial charge in [-0.2, -0.15) is 0 Å². The van der Waals surface area contributed by atoms with Crippen molar-refractivity contribution in [3.63, 3.8) is 0 Å². The van der Waals surface area contributed by atoms with E-state index in [0.717, 1.165) is 19.2 Å². The van der Waals surface area contributed by atoms with Gasteiger partial charge in [0, 0.05) is 0 Å². The van der Waals surface area contributed by atoms with Crippen LogP contribution in [-0.4, -0.2) is 37.7 Å². The summed E-state index contributed by atoms with van der Waals surface area (Å²) < 4.78 is 38.0. The Kier molecular flexibility index (Phi) is 3.97. The summed E-state index contributed by atoms with van der Waals surface area (Å²) in [5.41, 5.74) is -0.329. The second kappa shape index (κ2) is 4.87. The molecule has 1 N–H and O–H groups in total. The minimum atomic E-state index is -2.86. The Morgan fingerprint density at radius 3 is 2.75 bits per heavy atom. The number of aromatic nitrogens is 1. The van der Waals surface area contributed by atoms with Crippen LogP contribution in [0.3, 0.4) is 0 Å². The number of carboxylic acids is 1. The third kappa shape index (κ3) is 3.85. The molecule has 3 nitrogen and oxygen atoms in total. The van der Waals surface area contributed by atoms with Crippen LogP contribution in [0.1, 0.15) is 17.3 Å². The number of hydrogen-bond acceptors (Lipinski definition) is 2. The van der Waals surface area contributed by atoms with Crippen LogP contribution in [0.25, 0.3) is 0 Å².